The molecule has 5 nitrogen and oxygen atoms in total. The number of ether oxygens (including phenoxy) is 2. The molecule has 1 aromatic heterocycles. The summed E-state index contributed by atoms with van der Waals surface area (Å²) >= 11 is 0. The number of Topliss-reactive ketones (excluding diaryl/α,β-unsaturated/α-hetero) is 2. The number of H-pyrrole nitrogens is 1. The van der Waals surface area contributed by atoms with E-state index < -0.39 is 6.10 Å². The summed E-state index contributed by atoms with van der Waals surface area (Å²) in [6, 6.07) is 12.5. The zero-order valence-corrected chi connectivity index (χ0v) is 14.3. The number of methoxy groups -OCH3 is 1. The van der Waals surface area contributed by atoms with Crippen molar-refractivity contribution in [3.8, 4) is 11.5 Å². The molecule has 0 aliphatic heterocycles. The maximum Gasteiger partial charge on any atom is 0.205 e. The van der Waals surface area contributed by atoms with Gasteiger partial charge in [-0.2, -0.15) is 0 Å². The van der Waals surface area contributed by atoms with Crippen LogP contribution in [0.2, 0.25) is 0 Å². The summed E-state index contributed by atoms with van der Waals surface area (Å²) in [5, 5.41) is 0.863. The smallest absolute Gasteiger partial charge is 0.205 e. The Morgan fingerprint density at radius 1 is 1.08 bits per heavy atom. The molecular formula is C20H19NO4. The fraction of sp³-hybridized carbons (Fsp3) is 0.200. The number of benzene rings is 2. The van der Waals surface area contributed by atoms with E-state index in [0.29, 0.717) is 22.6 Å². The minimum atomic E-state index is -0.698. The lowest BCUT2D eigenvalue weighted by Gasteiger charge is -2.16. The van der Waals surface area contributed by atoms with E-state index in [-0.39, 0.29) is 11.6 Å². The van der Waals surface area contributed by atoms with Gasteiger partial charge in [0, 0.05) is 28.2 Å². The van der Waals surface area contributed by atoms with E-state index in [1.54, 1.807) is 31.3 Å². The molecule has 0 radical (unpaired) electrons. The molecule has 1 heterocycles. The second-order valence-corrected chi connectivity index (χ2v) is 5.79. The predicted molar refractivity (Wildman–Crippen MR) is 95.7 cm³/mol. The van der Waals surface area contributed by atoms with Crippen LogP contribution < -0.4 is 9.47 Å². The molecule has 0 amide bonds. The molecule has 0 saturated carbocycles. The monoisotopic (exact) mass is 337 g/mol. The van der Waals surface area contributed by atoms with Crippen LogP contribution in [0.3, 0.4) is 0 Å². The van der Waals surface area contributed by atoms with Crippen LogP contribution in [0, 0.1) is 0 Å². The van der Waals surface area contributed by atoms with Crippen LogP contribution in [-0.2, 0) is 0 Å². The lowest BCUT2D eigenvalue weighted by Crippen LogP contribution is -2.24. The van der Waals surface area contributed by atoms with Gasteiger partial charge in [0.05, 0.1) is 7.11 Å². The summed E-state index contributed by atoms with van der Waals surface area (Å²) in [6.45, 7) is 3.18. The first-order chi connectivity index (χ1) is 12.0. The number of hydrogen-bond donors (Lipinski definition) is 1. The van der Waals surface area contributed by atoms with Gasteiger partial charge in [0.15, 0.2) is 23.4 Å². The van der Waals surface area contributed by atoms with Crippen LogP contribution in [-0.4, -0.2) is 29.8 Å². The van der Waals surface area contributed by atoms with Crippen molar-refractivity contribution in [1.29, 1.82) is 0 Å². The Labute approximate surface area is 145 Å². The first-order valence-electron chi connectivity index (χ1n) is 7.97. The number of carbonyl (C=O) groups is 2. The SMILES string of the molecule is COc1cc(C(C)=O)ccc1O[C@@H](C)C(=O)c1c[nH]c2ccccc12. The summed E-state index contributed by atoms with van der Waals surface area (Å²) in [7, 11) is 1.50. The van der Waals surface area contributed by atoms with Crippen LogP contribution in [0.4, 0.5) is 0 Å². The topological polar surface area (TPSA) is 68.4 Å². The Morgan fingerprint density at radius 3 is 2.56 bits per heavy atom. The molecule has 1 N–H and O–H groups in total. The van der Waals surface area contributed by atoms with Crippen molar-refractivity contribution < 1.29 is 19.1 Å². The first kappa shape index (κ1) is 16.8. The van der Waals surface area contributed by atoms with Crippen molar-refractivity contribution in [3.63, 3.8) is 0 Å². The number of ketones is 2. The predicted octanol–water partition coefficient (Wildman–Crippen LogP) is 4.03. The fourth-order valence-electron chi connectivity index (χ4n) is 2.72. The molecule has 3 rings (SSSR count). The highest BCUT2D eigenvalue weighted by Crippen LogP contribution is 2.30. The average Bonchev–Trinajstić information content (AvgIpc) is 3.05. The maximum atomic E-state index is 12.8. The minimum absolute atomic E-state index is 0.0623. The lowest BCUT2D eigenvalue weighted by atomic mass is 10.1. The molecule has 2 aromatic carbocycles. The highest BCUT2D eigenvalue weighted by molar-refractivity contribution is 6.09. The molecule has 0 saturated heterocycles. The molecule has 25 heavy (non-hydrogen) atoms. The van der Waals surface area contributed by atoms with E-state index >= 15 is 0 Å². The number of aromatic amines is 1. The van der Waals surface area contributed by atoms with Crippen LogP contribution >= 0.6 is 0 Å². The highest BCUT2D eigenvalue weighted by Gasteiger charge is 2.21. The standard InChI is InChI=1S/C20H19NO4/c1-12(22)14-8-9-18(19(10-14)24-3)25-13(2)20(23)16-11-21-17-7-5-4-6-15(16)17/h4-11,13,21H,1-3H3/t13-/m0/s1. The first-order valence-corrected chi connectivity index (χ1v) is 7.97. The van der Waals surface area contributed by atoms with Gasteiger partial charge in [0.2, 0.25) is 5.78 Å². The number of fused-ring (bicyclic) bond motifs is 1. The van der Waals surface area contributed by atoms with Crippen molar-refractivity contribution in [1.82, 2.24) is 4.98 Å². The van der Waals surface area contributed by atoms with Gasteiger partial charge in [-0.1, -0.05) is 18.2 Å². The molecule has 0 spiro atoms. The molecule has 0 unspecified atom stereocenters. The molecule has 0 aliphatic rings. The largest absolute Gasteiger partial charge is 0.493 e. The molecule has 128 valence electrons. The van der Waals surface area contributed by atoms with Crippen molar-refractivity contribution in [2.45, 2.75) is 20.0 Å². The van der Waals surface area contributed by atoms with Crippen LogP contribution in [0.25, 0.3) is 10.9 Å². The normalized spacial score (nSPS) is 12.0. The Balaban J connectivity index is 1.85. The number of carbonyl (C=O) groups excluding carboxylic acids is 2. The van der Waals surface area contributed by atoms with E-state index in [2.05, 4.69) is 4.98 Å². The third-order valence-corrected chi connectivity index (χ3v) is 4.10. The third-order valence-electron chi connectivity index (χ3n) is 4.10. The number of rotatable bonds is 6. The minimum Gasteiger partial charge on any atom is -0.493 e. The van der Waals surface area contributed by atoms with Crippen molar-refractivity contribution >= 4 is 22.5 Å². The fourth-order valence-corrected chi connectivity index (χ4v) is 2.72. The molecule has 3 aromatic rings. The van der Waals surface area contributed by atoms with E-state index in [0.717, 1.165) is 10.9 Å². The molecule has 0 fully saturated rings. The van der Waals surface area contributed by atoms with Crippen molar-refractivity contribution in [3.05, 3.63) is 59.8 Å². The number of nitrogens with one attached hydrogen (secondary N) is 1. The van der Waals surface area contributed by atoms with Gasteiger partial charge in [0.25, 0.3) is 0 Å². The van der Waals surface area contributed by atoms with Crippen molar-refractivity contribution in [2.24, 2.45) is 0 Å². The van der Waals surface area contributed by atoms with Gasteiger partial charge >= 0.3 is 0 Å². The van der Waals surface area contributed by atoms with E-state index in [9.17, 15) is 9.59 Å². The second kappa shape index (κ2) is 6.81. The second-order valence-electron chi connectivity index (χ2n) is 5.79. The number of hydrogen-bond acceptors (Lipinski definition) is 4. The third kappa shape index (κ3) is 3.26. The summed E-state index contributed by atoms with van der Waals surface area (Å²) in [5.74, 6) is 0.655. The quantitative estimate of drug-likeness (QED) is 0.690. The Hall–Kier alpha value is -3.08. The van der Waals surface area contributed by atoms with Crippen LogP contribution in [0.5, 0.6) is 11.5 Å². The summed E-state index contributed by atoms with van der Waals surface area (Å²) in [5.41, 5.74) is 2.02. The number of para-hydroxylation sites is 1. The Kier molecular flexibility index (Phi) is 4.57. The summed E-state index contributed by atoms with van der Waals surface area (Å²) in [6.07, 6.45) is 0.999. The summed E-state index contributed by atoms with van der Waals surface area (Å²) in [4.78, 5) is 27.3. The lowest BCUT2D eigenvalue weighted by molar-refractivity contribution is 0.0815. The average molecular weight is 337 g/mol. The zero-order valence-electron chi connectivity index (χ0n) is 14.3. The molecule has 0 aliphatic carbocycles. The van der Waals surface area contributed by atoms with E-state index in [1.165, 1.54) is 14.0 Å². The Morgan fingerprint density at radius 2 is 1.84 bits per heavy atom. The van der Waals surface area contributed by atoms with Gasteiger partial charge in [0.1, 0.15) is 0 Å². The number of aromatic nitrogens is 1. The summed E-state index contributed by atoms with van der Waals surface area (Å²) < 4.78 is 11.1. The van der Waals surface area contributed by atoms with Gasteiger partial charge in [-0.25, -0.2) is 0 Å². The van der Waals surface area contributed by atoms with Gasteiger partial charge < -0.3 is 14.5 Å². The molecule has 1 atom stereocenters. The van der Waals surface area contributed by atoms with Gasteiger partial charge in [-0.3, -0.25) is 9.59 Å². The highest BCUT2D eigenvalue weighted by atomic mass is 16.5. The van der Waals surface area contributed by atoms with Gasteiger partial charge in [-0.05, 0) is 38.1 Å². The van der Waals surface area contributed by atoms with Gasteiger partial charge in [-0.15, -0.1) is 0 Å². The zero-order chi connectivity index (χ0) is 18.0. The maximum absolute atomic E-state index is 12.8. The van der Waals surface area contributed by atoms with E-state index in [4.69, 9.17) is 9.47 Å². The molecular weight excluding hydrogens is 318 g/mol. The molecule has 0 bridgehead atoms. The van der Waals surface area contributed by atoms with Crippen molar-refractivity contribution in [2.75, 3.05) is 7.11 Å². The van der Waals surface area contributed by atoms with Crippen LogP contribution in [0.15, 0.2) is 48.7 Å². The Bertz CT molecular complexity index is 942. The van der Waals surface area contributed by atoms with E-state index in [1.807, 2.05) is 24.3 Å². The molecule has 5 heteroatoms. The van der Waals surface area contributed by atoms with Crippen LogP contribution in [0.1, 0.15) is 34.6 Å².